The molecule has 0 aliphatic rings. The first-order valence-electron chi connectivity index (χ1n) is 13.5. The molecule has 0 fully saturated rings. The van der Waals surface area contributed by atoms with Crippen molar-refractivity contribution in [1.82, 2.24) is 4.98 Å². The number of furan rings is 1. The van der Waals surface area contributed by atoms with E-state index in [9.17, 15) is 0 Å². The van der Waals surface area contributed by atoms with E-state index in [0.29, 0.717) is 0 Å². The van der Waals surface area contributed by atoms with E-state index in [2.05, 4.69) is 126 Å². The number of rotatable bonds is 4. The van der Waals surface area contributed by atoms with Gasteiger partial charge in [-0.05, 0) is 46.8 Å². The molecule has 2 heterocycles. The van der Waals surface area contributed by atoms with Crippen molar-refractivity contribution in [2.45, 2.75) is 0 Å². The Morgan fingerprint density at radius 2 is 1.12 bits per heavy atom. The van der Waals surface area contributed by atoms with Crippen LogP contribution in [0.3, 0.4) is 0 Å². The van der Waals surface area contributed by atoms with Crippen LogP contribution in [-0.4, -0.2) is 4.98 Å². The Morgan fingerprint density at radius 3 is 2.00 bits per heavy atom. The predicted octanol–water partition coefficient (Wildman–Crippen LogP) is 10.4. The molecule has 0 aliphatic carbocycles. The molecule has 0 unspecified atom stereocenters. The van der Waals surface area contributed by atoms with Crippen molar-refractivity contribution in [3.05, 3.63) is 146 Å². The minimum atomic E-state index is 0.841. The van der Waals surface area contributed by atoms with Crippen molar-refractivity contribution in [2.24, 2.45) is 0 Å². The van der Waals surface area contributed by atoms with Crippen LogP contribution in [-0.2, 0) is 0 Å². The molecule has 40 heavy (non-hydrogen) atoms. The largest absolute Gasteiger partial charge is 0.454 e. The molecule has 0 aliphatic heterocycles. The third-order valence-corrected chi connectivity index (χ3v) is 7.64. The van der Waals surface area contributed by atoms with E-state index in [1.165, 1.54) is 10.9 Å². The lowest BCUT2D eigenvalue weighted by Gasteiger charge is -2.26. The van der Waals surface area contributed by atoms with Gasteiger partial charge in [-0.15, -0.1) is 0 Å². The van der Waals surface area contributed by atoms with Crippen molar-refractivity contribution >= 4 is 60.8 Å². The molecule has 188 valence electrons. The summed E-state index contributed by atoms with van der Waals surface area (Å²) in [7, 11) is 0. The molecule has 8 rings (SSSR count). The zero-order valence-electron chi connectivity index (χ0n) is 21.7. The summed E-state index contributed by atoms with van der Waals surface area (Å²) in [5, 5.41) is 5.58. The van der Waals surface area contributed by atoms with Gasteiger partial charge in [-0.3, -0.25) is 4.90 Å². The minimum absolute atomic E-state index is 0.841. The Bertz CT molecular complexity index is 2180. The molecule has 0 bridgehead atoms. The van der Waals surface area contributed by atoms with Crippen LogP contribution >= 0.6 is 0 Å². The van der Waals surface area contributed by atoms with Crippen molar-refractivity contribution in [2.75, 3.05) is 4.90 Å². The Balaban J connectivity index is 1.47. The Labute approximate surface area is 231 Å². The number of aromatic nitrogens is 1. The molecule has 0 atom stereocenters. The van der Waals surface area contributed by atoms with Gasteiger partial charge >= 0.3 is 0 Å². The van der Waals surface area contributed by atoms with E-state index in [1.807, 2.05) is 24.3 Å². The summed E-state index contributed by atoms with van der Waals surface area (Å²) < 4.78 is 6.55. The van der Waals surface area contributed by atoms with Gasteiger partial charge in [0.05, 0.1) is 11.2 Å². The molecule has 0 saturated heterocycles. The Morgan fingerprint density at radius 1 is 0.475 bits per heavy atom. The fraction of sp³-hybridized carbons (Fsp3) is 0. The molecule has 3 heteroatoms. The smallest absolute Gasteiger partial charge is 0.159 e. The van der Waals surface area contributed by atoms with Crippen molar-refractivity contribution in [1.29, 1.82) is 0 Å². The van der Waals surface area contributed by atoms with Crippen LogP contribution in [0.2, 0.25) is 0 Å². The molecule has 6 aromatic carbocycles. The molecule has 0 amide bonds. The molecular formula is C37H24N2O. The number of hydrogen-bond acceptors (Lipinski definition) is 3. The highest BCUT2D eigenvalue weighted by atomic mass is 16.3. The second-order valence-electron chi connectivity index (χ2n) is 10.0. The summed E-state index contributed by atoms with van der Waals surface area (Å²) in [6.07, 6.45) is 0. The van der Waals surface area contributed by atoms with Crippen molar-refractivity contribution in [3.63, 3.8) is 0 Å². The van der Waals surface area contributed by atoms with Gasteiger partial charge in [-0.25, -0.2) is 4.98 Å². The highest BCUT2D eigenvalue weighted by molar-refractivity contribution is 6.14. The number of fused-ring (bicyclic) bond motifs is 6. The van der Waals surface area contributed by atoms with Gasteiger partial charge < -0.3 is 4.42 Å². The molecule has 0 saturated carbocycles. The standard InChI is InChI=1S/C37H24N2O/c1-2-12-25(13-3-1)26-14-10-15-27(24-26)39(34-22-11-20-31-30-18-7-9-23-35(30)40-36(31)34)37-32-19-5-4-16-28(32)29-17-6-8-21-33(29)38-37/h1-24H. The molecular weight excluding hydrogens is 488 g/mol. The highest BCUT2D eigenvalue weighted by Gasteiger charge is 2.23. The van der Waals surface area contributed by atoms with Gasteiger partial charge in [0.15, 0.2) is 5.58 Å². The van der Waals surface area contributed by atoms with Crippen LogP contribution in [0.25, 0.3) is 54.7 Å². The highest BCUT2D eigenvalue weighted by Crippen LogP contribution is 2.45. The quantitative estimate of drug-likeness (QED) is 0.220. The van der Waals surface area contributed by atoms with Gasteiger partial charge in [-0.1, -0.05) is 115 Å². The van der Waals surface area contributed by atoms with Gasteiger partial charge in [0.25, 0.3) is 0 Å². The topological polar surface area (TPSA) is 29.3 Å². The first-order chi connectivity index (χ1) is 19.8. The maximum atomic E-state index is 6.55. The molecule has 0 radical (unpaired) electrons. The Hall–Kier alpha value is -5.41. The van der Waals surface area contributed by atoms with Gasteiger partial charge in [0.1, 0.15) is 11.4 Å². The van der Waals surface area contributed by atoms with E-state index >= 15 is 0 Å². The van der Waals surface area contributed by atoms with Gasteiger partial charge in [0, 0.05) is 27.2 Å². The maximum absolute atomic E-state index is 6.55. The van der Waals surface area contributed by atoms with E-state index in [0.717, 1.165) is 61.0 Å². The van der Waals surface area contributed by atoms with E-state index in [-0.39, 0.29) is 0 Å². The lowest BCUT2D eigenvalue weighted by Crippen LogP contribution is -2.13. The molecule has 0 spiro atoms. The van der Waals surface area contributed by atoms with Crippen LogP contribution < -0.4 is 4.90 Å². The fourth-order valence-electron chi connectivity index (χ4n) is 5.80. The second-order valence-corrected chi connectivity index (χ2v) is 10.0. The van der Waals surface area contributed by atoms with Gasteiger partial charge in [-0.2, -0.15) is 0 Å². The summed E-state index contributed by atoms with van der Waals surface area (Å²) in [5.74, 6) is 0.868. The molecule has 8 aromatic rings. The SMILES string of the molecule is c1ccc(-c2cccc(N(c3nc4ccccc4c4ccccc34)c3cccc4c3oc3ccccc34)c2)cc1. The maximum Gasteiger partial charge on any atom is 0.159 e. The van der Waals surface area contributed by atoms with Crippen LogP contribution in [0.15, 0.2) is 150 Å². The zero-order valence-corrected chi connectivity index (χ0v) is 21.7. The summed E-state index contributed by atoms with van der Waals surface area (Å²) in [6, 6.07) is 50.7. The first kappa shape index (κ1) is 22.6. The second kappa shape index (κ2) is 9.11. The normalized spacial score (nSPS) is 11.5. The third-order valence-electron chi connectivity index (χ3n) is 7.64. The van der Waals surface area contributed by atoms with Crippen molar-refractivity contribution < 1.29 is 4.42 Å². The number of nitrogens with zero attached hydrogens (tertiary/aromatic N) is 2. The van der Waals surface area contributed by atoms with Gasteiger partial charge in [0.2, 0.25) is 0 Å². The number of benzene rings is 6. The van der Waals surface area contributed by atoms with E-state index < -0.39 is 0 Å². The average Bonchev–Trinajstić information content (AvgIpc) is 3.41. The van der Waals surface area contributed by atoms with Crippen LogP contribution in [0, 0.1) is 0 Å². The fourth-order valence-corrected chi connectivity index (χ4v) is 5.80. The van der Waals surface area contributed by atoms with Crippen LogP contribution in [0.4, 0.5) is 17.2 Å². The molecule has 3 nitrogen and oxygen atoms in total. The first-order valence-corrected chi connectivity index (χ1v) is 13.5. The summed E-state index contributed by atoms with van der Waals surface area (Å²) in [6.45, 7) is 0. The average molecular weight is 513 g/mol. The van der Waals surface area contributed by atoms with E-state index in [4.69, 9.17) is 9.40 Å². The van der Waals surface area contributed by atoms with Crippen LogP contribution in [0.1, 0.15) is 0 Å². The summed E-state index contributed by atoms with van der Waals surface area (Å²) in [5.41, 5.74) is 6.95. The number of para-hydroxylation sites is 3. The lowest BCUT2D eigenvalue weighted by atomic mass is 10.0. The number of pyridine rings is 1. The minimum Gasteiger partial charge on any atom is -0.454 e. The monoisotopic (exact) mass is 512 g/mol. The number of hydrogen-bond donors (Lipinski definition) is 0. The molecule has 0 N–H and O–H groups in total. The summed E-state index contributed by atoms with van der Waals surface area (Å²) in [4.78, 5) is 7.56. The zero-order chi connectivity index (χ0) is 26.5. The van der Waals surface area contributed by atoms with E-state index in [1.54, 1.807) is 0 Å². The molecule has 2 aromatic heterocycles. The predicted molar refractivity (Wildman–Crippen MR) is 167 cm³/mol. The summed E-state index contributed by atoms with van der Waals surface area (Å²) >= 11 is 0. The third kappa shape index (κ3) is 3.56. The number of anilines is 3. The van der Waals surface area contributed by atoms with Crippen LogP contribution in [0.5, 0.6) is 0 Å². The lowest BCUT2D eigenvalue weighted by molar-refractivity contribution is 0.669. The Kier molecular flexibility index (Phi) is 5.14. The van der Waals surface area contributed by atoms with Crippen molar-refractivity contribution in [3.8, 4) is 11.1 Å².